The predicted octanol–water partition coefficient (Wildman–Crippen LogP) is 1.76. The van der Waals surface area contributed by atoms with E-state index >= 15 is 0 Å². The lowest BCUT2D eigenvalue weighted by Gasteiger charge is -2.32. The Balaban J connectivity index is 1.62. The quantitative estimate of drug-likeness (QED) is 0.930. The summed E-state index contributed by atoms with van der Waals surface area (Å²) in [6.07, 6.45) is 2.70. The highest BCUT2D eigenvalue weighted by Gasteiger charge is 2.40. The van der Waals surface area contributed by atoms with Gasteiger partial charge in [-0.2, -0.15) is 4.98 Å². The molecule has 0 bridgehead atoms. The van der Waals surface area contributed by atoms with E-state index in [4.69, 9.17) is 15.0 Å². The van der Waals surface area contributed by atoms with Crippen molar-refractivity contribution in [3.63, 3.8) is 0 Å². The Morgan fingerprint density at radius 3 is 2.81 bits per heavy atom. The summed E-state index contributed by atoms with van der Waals surface area (Å²) in [6.45, 7) is 1.95. The summed E-state index contributed by atoms with van der Waals surface area (Å²) in [5.74, 6) is 1.75. The third-order valence-electron chi connectivity index (χ3n) is 4.90. The molecule has 1 aliphatic carbocycles. The van der Waals surface area contributed by atoms with E-state index in [1.165, 1.54) is 11.1 Å². The fourth-order valence-corrected chi connectivity index (χ4v) is 3.35. The van der Waals surface area contributed by atoms with Gasteiger partial charge < -0.3 is 15.0 Å². The lowest BCUT2D eigenvalue weighted by atomic mass is 9.77. The normalized spacial score (nSPS) is 23.4. The molecule has 2 aromatic rings. The summed E-state index contributed by atoms with van der Waals surface area (Å²) in [5, 5.41) is 4.22. The maximum atomic E-state index is 6.00. The van der Waals surface area contributed by atoms with Crippen LogP contribution < -0.4 is 5.73 Å². The number of hydrogen-bond donors (Lipinski definition) is 1. The van der Waals surface area contributed by atoms with E-state index in [1.54, 1.807) is 0 Å². The summed E-state index contributed by atoms with van der Waals surface area (Å²) < 4.78 is 11.0. The van der Waals surface area contributed by atoms with Crippen LogP contribution in [0.15, 0.2) is 28.8 Å². The number of fused-ring (bicyclic) bond motifs is 1. The first-order chi connectivity index (χ1) is 10.3. The lowest BCUT2D eigenvalue weighted by molar-refractivity contribution is 0.0409. The Morgan fingerprint density at radius 1 is 1.24 bits per heavy atom. The summed E-state index contributed by atoms with van der Waals surface area (Å²) in [7, 11) is 0. The standard InChI is InChI=1S/C16H19N3O2/c17-10-16(5-7-20-8-6-16)15-18-14(19-21-15)13-9-11-3-1-2-4-12(11)13/h1-4,13H,5-10,17H2. The van der Waals surface area contributed by atoms with Crippen molar-refractivity contribution >= 4 is 0 Å². The van der Waals surface area contributed by atoms with E-state index < -0.39 is 0 Å². The van der Waals surface area contributed by atoms with E-state index in [0.29, 0.717) is 25.6 Å². The second-order valence-corrected chi connectivity index (χ2v) is 6.01. The highest BCUT2D eigenvalue weighted by Crippen LogP contribution is 2.40. The number of benzene rings is 1. The van der Waals surface area contributed by atoms with Crippen molar-refractivity contribution < 1.29 is 9.26 Å². The van der Waals surface area contributed by atoms with Gasteiger partial charge in [-0.15, -0.1) is 0 Å². The minimum absolute atomic E-state index is 0.202. The highest BCUT2D eigenvalue weighted by atomic mass is 16.5. The van der Waals surface area contributed by atoms with E-state index in [0.717, 1.165) is 25.1 Å². The third-order valence-corrected chi connectivity index (χ3v) is 4.90. The molecule has 1 unspecified atom stereocenters. The van der Waals surface area contributed by atoms with Crippen LogP contribution in [0.4, 0.5) is 0 Å². The van der Waals surface area contributed by atoms with Crippen LogP contribution in [0, 0.1) is 0 Å². The van der Waals surface area contributed by atoms with Gasteiger partial charge in [0.05, 0.1) is 11.3 Å². The summed E-state index contributed by atoms with van der Waals surface area (Å²) in [6, 6.07) is 8.44. The van der Waals surface area contributed by atoms with E-state index in [9.17, 15) is 0 Å². The molecule has 2 N–H and O–H groups in total. The average Bonchev–Trinajstić information content (AvgIpc) is 2.99. The largest absolute Gasteiger partial charge is 0.381 e. The first kappa shape index (κ1) is 13.0. The molecule has 1 aliphatic heterocycles. The first-order valence-electron chi connectivity index (χ1n) is 7.52. The lowest BCUT2D eigenvalue weighted by Crippen LogP contribution is -2.41. The second-order valence-electron chi connectivity index (χ2n) is 6.01. The molecule has 1 saturated heterocycles. The van der Waals surface area contributed by atoms with Crippen molar-refractivity contribution in [1.29, 1.82) is 0 Å². The molecule has 0 saturated carbocycles. The Labute approximate surface area is 123 Å². The van der Waals surface area contributed by atoms with E-state index in [2.05, 4.69) is 34.4 Å². The van der Waals surface area contributed by atoms with Gasteiger partial charge in [0.25, 0.3) is 0 Å². The highest BCUT2D eigenvalue weighted by molar-refractivity contribution is 5.43. The van der Waals surface area contributed by atoms with Crippen LogP contribution in [0.1, 0.15) is 41.6 Å². The zero-order valence-electron chi connectivity index (χ0n) is 11.9. The molecule has 1 atom stereocenters. The minimum Gasteiger partial charge on any atom is -0.381 e. The molecule has 5 heteroatoms. The van der Waals surface area contributed by atoms with E-state index in [1.807, 2.05) is 0 Å². The van der Waals surface area contributed by atoms with Crippen LogP contribution >= 0.6 is 0 Å². The first-order valence-corrected chi connectivity index (χ1v) is 7.52. The van der Waals surface area contributed by atoms with Gasteiger partial charge in [0.2, 0.25) is 5.89 Å². The summed E-state index contributed by atoms with van der Waals surface area (Å²) in [5.41, 5.74) is 8.49. The van der Waals surface area contributed by atoms with Gasteiger partial charge in [-0.1, -0.05) is 29.4 Å². The molecular formula is C16H19N3O2. The molecule has 4 rings (SSSR count). The van der Waals surface area contributed by atoms with Gasteiger partial charge in [-0.05, 0) is 30.4 Å². The predicted molar refractivity (Wildman–Crippen MR) is 77.1 cm³/mol. The Hall–Kier alpha value is -1.72. The average molecular weight is 285 g/mol. The SMILES string of the molecule is NCC1(c2nc(C3Cc4ccccc43)no2)CCOCC1. The molecule has 5 nitrogen and oxygen atoms in total. The molecule has 2 aliphatic rings. The topological polar surface area (TPSA) is 74.2 Å². The fourth-order valence-electron chi connectivity index (χ4n) is 3.35. The number of aromatic nitrogens is 2. The molecule has 21 heavy (non-hydrogen) atoms. The molecule has 0 spiro atoms. The van der Waals surface area contributed by atoms with Gasteiger partial charge in [0.15, 0.2) is 5.82 Å². The van der Waals surface area contributed by atoms with Crippen LogP contribution in [0.3, 0.4) is 0 Å². The molecule has 0 radical (unpaired) electrons. The number of nitrogens with two attached hydrogens (primary N) is 1. The molecule has 1 fully saturated rings. The van der Waals surface area contributed by atoms with Crippen molar-refractivity contribution in [1.82, 2.24) is 10.1 Å². The zero-order valence-corrected chi connectivity index (χ0v) is 11.9. The monoisotopic (exact) mass is 285 g/mol. The minimum atomic E-state index is -0.202. The van der Waals surface area contributed by atoms with Gasteiger partial charge in [0.1, 0.15) is 0 Å². The van der Waals surface area contributed by atoms with Crippen LogP contribution in [0.5, 0.6) is 0 Å². The molecule has 110 valence electrons. The zero-order chi connectivity index (χ0) is 14.3. The van der Waals surface area contributed by atoms with Crippen LogP contribution in [0.25, 0.3) is 0 Å². The van der Waals surface area contributed by atoms with Crippen LogP contribution in [-0.2, 0) is 16.6 Å². The van der Waals surface area contributed by atoms with Gasteiger partial charge in [-0.3, -0.25) is 0 Å². The molecule has 0 amide bonds. The van der Waals surface area contributed by atoms with Gasteiger partial charge in [0, 0.05) is 19.8 Å². The number of hydrogen-bond acceptors (Lipinski definition) is 5. The second kappa shape index (κ2) is 4.93. The maximum absolute atomic E-state index is 6.00. The van der Waals surface area contributed by atoms with Crippen LogP contribution in [-0.4, -0.2) is 29.9 Å². The molecule has 1 aromatic carbocycles. The Morgan fingerprint density at radius 2 is 2.05 bits per heavy atom. The number of nitrogens with zero attached hydrogens (tertiary/aromatic N) is 2. The van der Waals surface area contributed by atoms with Gasteiger partial charge in [-0.25, -0.2) is 0 Å². The fraction of sp³-hybridized carbons (Fsp3) is 0.500. The van der Waals surface area contributed by atoms with Crippen molar-refractivity contribution in [2.45, 2.75) is 30.6 Å². The maximum Gasteiger partial charge on any atom is 0.234 e. The van der Waals surface area contributed by atoms with Crippen molar-refractivity contribution in [3.8, 4) is 0 Å². The van der Waals surface area contributed by atoms with Crippen molar-refractivity contribution in [3.05, 3.63) is 47.1 Å². The molecular weight excluding hydrogens is 266 g/mol. The Kier molecular flexibility index (Phi) is 3.05. The summed E-state index contributed by atoms with van der Waals surface area (Å²) >= 11 is 0. The molecule has 2 heterocycles. The number of ether oxygens (including phenoxy) is 1. The van der Waals surface area contributed by atoms with Crippen molar-refractivity contribution in [2.75, 3.05) is 19.8 Å². The smallest absolute Gasteiger partial charge is 0.234 e. The Bertz CT molecular complexity index is 646. The summed E-state index contributed by atoms with van der Waals surface area (Å²) in [4.78, 5) is 4.68. The van der Waals surface area contributed by atoms with E-state index in [-0.39, 0.29) is 11.3 Å². The number of rotatable bonds is 3. The third kappa shape index (κ3) is 2.00. The van der Waals surface area contributed by atoms with Crippen LogP contribution in [0.2, 0.25) is 0 Å². The van der Waals surface area contributed by atoms with Crippen molar-refractivity contribution in [2.24, 2.45) is 5.73 Å². The van der Waals surface area contributed by atoms with Gasteiger partial charge >= 0.3 is 0 Å². The molecule has 1 aromatic heterocycles.